The van der Waals surface area contributed by atoms with Gasteiger partial charge in [-0.2, -0.15) is 0 Å². The molecule has 5 nitrogen and oxygen atoms in total. The van der Waals surface area contributed by atoms with Gasteiger partial charge < -0.3 is 19.4 Å². The van der Waals surface area contributed by atoms with E-state index in [1.54, 1.807) is 17.0 Å². The second-order valence-corrected chi connectivity index (χ2v) is 10.3. The molecule has 4 rings (SSSR count). The van der Waals surface area contributed by atoms with Gasteiger partial charge in [0.25, 0.3) is 0 Å². The largest absolute Gasteiger partial charge is 0.444 e. The Kier molecular flexibility index (Phi) is 7.03. The minimum absolute atomic E-state index is 0.0277. The molecule has 7 heteroatoms. The molecule has 1 unspecified atom stereocenters. The van der Waals surface area contributed by atoms with Crippen LogP contribution in [0.5, 0.6) is 0 Å². The van der Waals surface area contributed by atoms with Crippen molar-refractivity contribution in [3.63, 3.8) is 0 Å². The fourth-order valence-corrected chi connectivity index (χ4v) is 4.80. The topological polar surface area (TPSA) is 36.0 Å². The minimum Gasteiger partial charge on any atom is -0.444 e. The van der Waals surface area contributed by atoms with Gasteiger partial charge in [-0.25, -0.2) is 9.18 Å². The number of anilines is 3. The summed E-state index contributed by atoms with van der Waals surface area (Å²) in [5, 5.41) is 0.0874. The molecule has 0 aromatic heterocycles. The van der Waals surface area contributed by atoms with Gasteiger partial charge in [-0.1, -0.05) is 11.6 Å². The second-order valence-electron chi connectivity index (χ2n) is 9.90. The summed E-state index contributed by atoms with van der Waals surface area (Å²) in [7, 11) is 0. The summed E-state index contributed by atoms with van der Waals surface area (Å²) < 4.78 is 19.5. The SMILES string of the molecule is CC(C)(C)OC(=O)N1CCC(N(c2ccc(N3CCCCC3)cc2)c2ccc(F)c(Cl)c2)C1. The van der Waals surface area contributed by atoms with Crippen LogP contribution in [-0.2, 0) is 4.74 Å². The molecular formula is C26H33ClFN3O2. The van der Waals surface area contributed by atoms with Gasteiger partial charge in [-0.05, 0) is 88.9 Å². The average molecular weight is 474 g/mol. The van der Waals surface area contributed by atoms with Crippen LogP contribution < -0.4 is 9.80 Å². The fraction of sp³-hybridized carbons (Fsp3) is 0.500. The van der Waals surface area contributed by atoms with E-state index >= 15 is 0 Å². The predicted octanol–water partition coefficient (Wildman–Crippen LogP) is 6.62. The molecule has 2 aliphatic heterocycles. The first-order valence-electron chi connectivity index (χ1n) is 11.8. The Morgan fingerprint density at radius 2 is 1.70 bits per heavy atom. The summed E-state index contributed by atoms with van der Waals surface area (Å²) in [4.78, 5) is 19.0. The number of likely N-dealkylation sites (tertiary alicyclic amines) is 1. The van der Waals surface area contributed by atoms with Crippen LogP contribution in [0.4, 0.5) is 26.2 Å². The summed E-state index contributed by atoms with van der Waals surface area (Å²) in [6, 6.07) is 13.3. The molecule has 0 N–H and O–H groups in total. The third-order valence-corrected chi connectivity index (χ3v) is 6.50. The lowest BCUT2D eigenvalue weighted by Crippen LogP contribution is -2.39. The van der Waals surface area contributed by atoms with Gasteiger partial charge in [0.2, 0.25) is 0 Å². The van der Waals surface area contributed by atoms with Crippen LogP contribution in [0.25, 0.3) is 0 Å². The molecule has 2 fully saturated rings. The molecule has 0 aliphatic carbocycles. The molecule has 1 atom stereocenters. The van der Waals surface area contributed by atoms with Gasteiger partial charge in [-0.15, -0.1) is 0 Å². The predicted molar refractivity (Wildman–Crippen MR) is 132 cm³/mol. The highest BCUT2D eigenvalue weighted by Gasteiger charge is 2.34. The Labute approximate surface area is 201 Å². The summed E-state index contributed by atoms with van der Waals surface area (Å²) in [5.41, 5.74) is 2.49. The van der Waals surface area contributed by atoms with Crippen LogP contribution in [0.15, 0.2) is 42.5 Å². The maximum absolute atomic E-state index is 13.9. The van der Waals surface area contributed by atoms with Crippen LogP contribution in [0.2, 0.25) is 5.02 Å². The monoisotopic (exact) mass is 473 g/mol. The zero-order valence-corrected chi connectivity index (χ0v) is 20.4. The highest BCUT2D eigenvalue weighted by molar-refractivity contribution is 6.31. The van der Waals surface area contributed by atoms with Crippen molar-refractivity contribution < 1.29 is 13.9 Å². The first-order chi connectivity index (χ1) is 15.7. The number of ether oxygens (including phenoxy) is 1. The van der Waals surface area contributed by atoms with Gasteiger partial charge in [0.1, 0.15) is 11.4 Å². The summed E-state index contributed by atoms with van der Waals surface area (Å²) in [6.07, 6.45) is 4.23. The molecule has 0 spiro atoms. The summed E-state index contributed by atoms with van der Waals surface area (Å²) in [5.74, 6) is -0.442. The number of carbonyl (C=O) groups excluding carboxylic acids is 1. The van der Waals surface area contributed by atoms with Gasteiger partial charge in [0.15, 0.2) is 0 Å². The van der Waals surface area contributed by atoms with Crippen LogP contribution >= 0.6 is 11.6 Å². The van der Waals surface area contributed by atoms with E-state index in [1.165, 1.54) is 31.0 Å². The summed E-state index contributed by atoms with van der Waals surface area (Å²) >= 11 is 6.14. The number of carbonyl (C=O) groups is 1. The van der Waals surface area contributed by atoms with E-state index in [-0.39, 0.29) is 17.2 Å². The molecule has 2 aromatic rings. The quantitative estimate of drug-likeness (QED) is 0.500. The number of hydrogen-bond donors (Lipinski definition) is 0. The van der Waals surface area contributed by atoms with E-state index in [2.05, 4.69) is 34.1 Å². The third kappa shape index (κ3) is 5.72. The maximum atomic E-state index is 13.9. The Balaban J connectivity index is 1.59. The van der Waals surface area contributed by atoms with Gasteiger partial charge >= 0.3 is 6.09 Å². The number of piperidine rings is 1. The Hall–Kier alpha value is -2.47. The van der Waals surface area contributed by atoms with E-state index in [9.17, 15) is 9.18 Å². The molecule has 33 heavy (non-hydrogen) atoms. The van der Waals surface area contributed by atoms with Crippen LogP contribution in [-0.4, -0.2) is 48.8 Å². The molecule has 2 aliphatic rings. The number of amides is 1. The van der Waals surface area contributed by atoms with Crippen LogP contribution in [0, 0.1) is 5.82 Å². The molecular weight excluding hydrogens is 441 g/mol. The molecule has 2 heterocycles. The fourth-order valence-electron chi connectivity index (χ4n) is 4.63. The number of hydrogen-bond acceptors (Lipinski definition) is 4. The Bertz CT molecular complexity index is 970. The summed E-state index contributed by atoms with van der Waals surface area (Å²) in [6.45, 7) is 8.92. The van der Waals surface area contributed by atoms with Crippen molar-refractivity contribution in [3.05, 3.63) is 53.3 Å². The van der Waals surface area contributed by atoms with E-state index in [0.29, 0.717) is 13.1 Å². The van der Waals surface area contributed by atoms with Gasteiger partial charge in [0, 0.05) is 43.2 Å². The first kappa shape index (κ1) is 23.7. The van der Waals surface area contributed by atoms with Crippen LogP contribution in [0.1, 0.15) is 46.5 Å². The van der Waals surface area contributed by atoms with Crippen molar-refractivity contribution in [3.8, 4) is 0 Å². The zero-order chi connectivity index (χ0) is 23.6. The number of rotatable bonds is 4. The number of halogens is 2. The van der Waals surface area contributed by atoms with Crippen molar-refractivity contribution in [2.75, 3.05) is 36.0 Å². The average Bonchev–Trinajstić information content (AvgIpc) is 3.26. The second kappa shape index (κ2) is 9.80. The lowest BCUT2D eigenvalue weighted by atomic mass is 10.1. The molecule has 0 saturated carbocycles. The molecule has 178 valence electrons. The Morgan fingerprint density at radius 1 is 1.03 bits per heavy atom. The molecule has 0 radical (unpaired) electrons. The third-order valence-electron chi connectivity index (χ3n) is 6.21. The lowest BCUT2D eigenvalue weighted by molar-refractivity contribution is 0.0293. The van der Waals surface area contributed by atoms with Crippen molar-refractivity contribution in [2.45, 2.75) is 58.1 Å². The van der Waals surface area contributed by atoms with E-state index < -0.39 is 11.4 Å². The standard InChI is InChI=1S/C26H33ClFN3O2/c1-26(2,3)33-25(32)30-16-13-22(18-30)31(21-11-12-24(28)23(27)17-21)20-9-7-19(8-10-20)29-14-5-4-6-15-29/h7-12,17,22H,4-6,13-16,18H2,1-3H3. The lowest BCUT2D eigenvalue weighted by Gasteiger charge is -2.33. The van der Waals surface area contributed by atoms with E-state index in [0.717, 1.165) is 30.9 Å². The highest BCUT2D eigenvalue weighted by Crippen LogP contribution is 2.35. The van der Waals surface area contributed by atoms with Crippen LogP contribution in [0.3, 0.4) is 0 Å². The molecule has 0 bridgehead atoms. The molecule has 2 saturated heterocycles. The number of nitrogens with zero attached hydrogens (tertiary/aromatic N) is 3. The van der Waals surface area contributed by atoms with Crippen molar-refractivity contribution in [1.29, 1.82) is 0 Å². The van der Waals surface area contributed by atoms with E-state index in [4.69, 9.17) is 16.3 Å². The van der Waals surface area contributed by atoms with E-state index in [1.807, 2.05) is 20.8 Å². The van der Waals surface area contributed by atoms with Crippen molar-refractivity contribution in [2.24, 2.45) is 0 Å². The Morgan fingerprint density at radius 3 is 2.33 bits per heavy atom. The maximum Gasteiger partial charge on any atom is 0.410 e. The highest BCUT2D eigenvalue weighted by atomic mass is 35.5. The minimum atomic E-state index is -0.538. The first-order valence-corrected chi connectivity index (χ1v) is 12.2. The molecule has 1 amide bonds. The van der Waals surface area contributed by atoms with Gasteiger partial charge in [0.05, 0.1) is 11.1 Å². The smallest absolute Gasteiger partial charge is 0.410 e. The number of benzene rings is 2. The van der Waals surface area contributed by atoms with Crippen molar-refractivity contribution >= 4 is 34.8 Å². The van der Waals surface area contributed by atoms with Gasteiger partial charge in [-0.3, -0.25) is 0 Å². The zero-order valence-electron chi connectivity index (χ0n) is 19.7. The van der Waals surface area contributed by atoms with Crippen molar-refractivity contribution in [1.82, 2.24) is 4.90 Å². The molecule has 2 aromatic carbocycles. The normalized spacial score (nSPS) is 19.0.